The maximum absolute atomic E-state index is 10.4. The van der Waals surface area contributed by atoms with Gasteiger partial charge in [-0.1, -0.05) is 0 Å². The molecular weight excluding hydrogens is 122 g/mol. The van der Waals surface area contributed by atoms with Crippen molar-refractivity contribution in [2.75, 3.05) is 6.61 Å². The molecule has 0 heterocycles. The Bertz CT molecular complexity index is 92.2. The molecule has 0 aliphatic rings. The fourth-order valence-corrected chi connectivity index (χ4v) is 0.360. The Morgan fingerprint density at radius 2 is 2.33 bits per heavy atom. The monoisotopic (exact) mass is 132 g/mol. The van der Waals surface area contributed by atoms with E-state index in [1.165, 1.54) is 0 Å². The zero-order valence-electron chi connectivity index (χ0n) is 5.00. The summed E-state index contributed by atoms with van der Waals surface area (Å²) in [5.41, 5.74) is 0. The minimum absolute atomic E-state index is 0.00653. The van der Waals surface area contributed by atoms with Crippen LogP contribution in [-0.2, 0) is 4.79 Å². The zero-order chi connectivity index (χ0) is 7.28. The number of aliphatic hydroxyl groups excluding tert-OH is 2. The molecule has 0 spiro atoms. The predicted molar refractivity (Wildman–Crippen MR) is 31.2 cm³/mol. The van der Waals surface area contributed by atoms with Crippen LogP contribution in [0.2, 0.25) is 0 Å². The van der Waals surface area contributed by atoms with Crippen LogP contribution >= 0.6 is 0 Å². The standard InChI is InChI=1S/C5H10NO3/c1-4(8)6-5(9)2-3-7/h4,7-8H,1-3H2,(H,6,9). The van der Waals surface area contributed by atoms with Crippen LogP contribution in [0.4, 0.5) is 0 Å². The minimum atomic E-state index is -1.08. The van der Waals surface area contributed by atoms with Crippen LogP contribution in [-0.4, -0.2) is 29.0 Å². The van der Waals surface area contributed by atoms with Gasteiger partial charge >= 0.3 is 0 Å². The Hall–Kier alpha value is -0.610. The lowest BCUT2D eigenvalue weighted by atomic mass is 10.4. The Labute approximate surface area is 53.5 Å². The Kier molecular flexibility index (Phi) is 4.00. The van der Waals surface area contributed by atoms with Gasteiger partial charge in [-0.2, -0.15) is 0 Å². The second-order valence-corrected chi connectivity index (χ2v) is 1.56. The lowest BCUT2D eigenvalue weighted by Gasteiger charge is -2.04. The molecular formula is C5H10NO3. The number of aliphatic hydroxyl groups is 2. The molecule has 0 rings (SSSR count). The molecule has 1 atom stereocenters. The van der Waals surface area contributed by atoms with E-state index >= 15 is 0 Å². The maximum Gasteiger partial charge on any atom is 0.224 e. The quantitative estimate of drug-likeness (QED) is 0.415. The van der Waals surface area contributed by atoms with Gasteiger partial charge in [0, 0.05) is 6.42 Å². The molecule has 1 unspecified atom stereocenters. The van der Waals surface area contributed by atoms with Crippen molar-refractivity contribution in [3.8, 4) is 0 Å². The summed E-state index contributed by atoms with van der Waals surface area (Å²) in [6.07, 6.45) is -1.07. The van der Waals surface area contributed by atoms with Crippen molar-refractivity contribution in [3.63, 3.8) is 0 Å². The average Bonchev–Trinajstić information content (AvgIpc) is 1.63. The first-order chi connectivity index (χ1) is 4.16. The number of rotatable bonds is 3. The molecule has 1 amide bonds. The summed E-state index contributed by atoms with van der Waals surface area (Å²) >= 11 is 0. The first kappa shape index (κ1) is 8.39. The van der Waals surface area contributed by atoms with E-state index < -0.39 is 12.1 Å². The van der Waals surface area contributed by atoms with Gasteiger partial charge in [0.15, 0.2) is 0 Å². The van der Waals surface area contributed by atoms with Gasteiger partial charge in [-0.05, 0) is 6.92 Å². The highest BCUT2D eigenvalue weighted by Gasteiger charge is 2.00. The summed E-state index contributed by atoms with van der Waals surface area (Å²) < 4.78 is 0. The maximum atomic E-state index is 10.4. The molecule has 0 aliphatic carbocycles. The van der Waals surface area contributed by atoms with E-state index in [-0.39, 0.29) is 13.0 Å². The number of hydrogen-bond acceptors (Lipinski definition) is 3. The first-order valence-electron chi connectivity index (χ1n) is 2.58. The van der Waals surface area contributed by atoms with Crippen molar-refractivity contribution in [2.45, 2.75) is 12.6 Å². The molecule has 0 aromatic heterocycles. The molecule has 1 radical (unpaired) electrons. The van der Waals surface area contributed by atoms with E-state index in [4.69, 9.17) is 10.2 Å². The molecule has 0 aromatic carbocycles. The van der Waals surface area contributed by atoms with Crippen LogP contribution in [0.5, 0.6) is 0 Å². The van der Waals surface area contributed by atoms with Gasteiger partial charge in [-0.15, -0.1) is 0 Å². The third kappa shape index (κ3) is 5.26. The van der Waals surface area contributed by atoms with Gasteiger partial charge in [0.05, 0.1) is 6.61 Å². The second kappa shape index (κ2) is 4.29. The molecule has 0 aliphatic heterocycles. The highest BCUT2D eigenvalue weighted by Crippen LogP contribution is 1.77. The van der Waals surface area contributed by atoms with Crippen LogP contribution in [0.15, 0.2) is 0 Å². The summed E-state index contributed by atoms with van der Waals surface area (Å²) in [5.74, 6) is -0.403. The highest BCUT2D eigenvalue weighted by molar-refractivity contribution is 5.76. The molecule has 0 saturated heterocycles. The van der Waals surface area contributed by atoms with Crippen LogP contribution < -0.4 is 5.32 Å². The number of nitrogens with one attached hydrogen (secondary N) is 1. The van der Waals surface area contributed by atoms with E-state index in [1.54, 1.807) is 0 Å². The number of amides is 1. The van der Waals surface area contributed by atoms with Crippen LogP contribution in [0.25, 0.3) is 0 Å². The van der Waals surface area contributed by atoms with Crippen LogP contribution in [0.3, 0.4) is 0 Å². The summed E-state index contributed by atoms with van der Waals surface area (Å²) in [6.45, 7) is 2.89. The number of carbonyl (C=O) groups excluding carboxylic acids is 1. The molecule has 4 heteroatoms. The third-order valence-electron chi connectivity index (χ3n) is 0.666. The van der Waals surface area contributed by atoms with Gasteiger partial charge < -0.3 is 15.5 Å². The van der Waals surface area contributed by atoms with Crippen molar-refractivity contribution < 1.29 is 15.0 Å². The highest BCUT2D eigenvalue weighted by atomic mass is 16.3. The SMILES string of the molecule is [CH2]C(O)NC(=O)CCO. The van der Waals surface area contributed by atoms with E-state index in [0.29, 0.717) is 0 Å². The second-order valence-electron chi connectivity index (χ2n) is 1.56. The first-order valence-corrected chi connectivity index (χ1v) is 2.58. The molecule has 0 fully saturated rings. The van der Waals surface area contributed by atoms with Crippen molar-refractivity contribution >= 4 is 5.91 Å². The minimum Gasteiger partial charge on any atom is -0.396 e. The molecule has 0 bridgehead atoms. The van der Waals surface area contributed by atoms with E-state index in [1.807, 2.05) is 0 Å². The van der Waals surface area contributed by atoms with E-state index in [2.05, 4.69) is 12.2 Å². The van der Waals surface area contributed by atoms with Gasteiger partial charge in [-0.25, -0.2) is 0 Å². The predicted octanol–water partition coefficient (Wildman–Crippen LogP) is -1.36. The van der Waals surface area contributed by atoms with Crippen LogP contribution in [0, 0.1) is 6.92 Å². The average molecular weight is 132 g/mol. The summed E-state index contributed by atoms with van der Waals surface area (Å²) in [7, 11) is 0. The summed E-state index contributed by atoms with van der Waals surface area (Å²) in [4.78, 5) is 10.4. The Balaban J connectivity index is 3.27. The Morgan fingerprint density at radius 1 is 1.78 bits per heavy atom. The van der Waals surface area contributed by atoms with E-state index in [0.717, 1.165) is 0 Å². The lowest BCUT2D eigenvalue weighted by Crippen LogP contribution is -2.32. The van der Waals surface area contributed by atoms with Crippen LogP contribution in [0.1, 0.15) is 6.42 Å². The van der Waals surface area contributed by atoms with Crippen molar-refractivity contribution in [2.24, 2.45) is 0 Å². The largest absolute Gasteiger partial charge is 0.396 e. The van der Waals surface area contributed by atoms with Gasteiger partial charge in [0.2, 0.25) is 5.91 Å². The zero-order valence-corrected chi connectivity index (χ0v) is 5.00. The molecule has 0 aromatic rings. The van der Waals surface area contributed by atoms with E-state index in [9.17, 15) is 4.79 Å². The van der Waals surface area contributed by atoms with Gasteiger partial charge in [-0.3, -0.25) is 4.79 Å². The molecule has 53 valence electrons. The van der Waals surface area contributed by atoms with Crippen molar-refractivity contribution in [3.05, 3.63) is 6.92 Å². The molecule has 0 saturated carbocycles. The fourth-order valence-electron chi connectivity index (χ4n) is 0.360. The Morgan fingerprint density at radius 3 is 2.67 bits per heavy atom. The summed E-state index contributed by atoms with van der Waals surface area (Å²) in [5, 5.41) is 18.7. The molecule has 3 N–H and O–H groups in total. The lowest BCUT2D eigenvalue weighted by molar-refractivity contribution is -0.123. The summed E-state index contributed by atoms with van der Waals surface area (Å²) in [6, 6.07) is 0. The number of carbonyl (C=O) groups is 1. The van der Waals surface area contributed by atoms with Crippen molar-refractivity contribution in [1.82, 2.24) is 5.32 Å². The normalized spacial score (nSPS) is 12.8. The van der Waals surface area contributed by atoms with Crippen molar-refractivity contribution in [1.29, 1.82) is 0 Å². The van der Waals surface area contributed by atoms with Gasteiger partial charge in [0.25, 0.3) is 0 Å². The fraction of sp³-hybridized carbons (Fsp3) is 0.600. The topological polar surface area (TPSA) is 69.6 Å². The molecule has 4 nitrogen and oxygen atoms in total. The molecule has 9 heavy (non-hydrogen) atoms. The smallest absolute Gasteiger partial charge is 0.224 e. The number of hydrogen-bond donors (Lipinski definition) is 3. The third-order valence-corrected chi connectivity index (χ3v) is 0.666. The van der Waals surface area contributed by atoms with Gasteiger partial charge in [0.1, 0.15) is 6.23 Å².